The van der Waals surface area contributed by atoms with Crippen LogP contribution >= 0.6 is 0 Å². The molecule has 0 saturated heterocycles. The summed E-state index contributed by atoms with van der Waals surface area (Å²) < 4.78 is 0. The van der Waals surface area contributed by atoms with Crippen molar-refractivity contribution in [3.05, 3.63) is 29.8 Å². The van der Waals surface area contributed by atoms with Crippen molar-refractivity contribution in [3.63, 3.8) is 0 Å². The van der Waals surface area contributed by atoms with Gasteiger partial charge in [0.05, 0.1) is 12.5 Å². The summed E-state index contributed by atoms with van der Waals surface area (Å²) >= 11 is 0. The maximum atomic E-state index is 11.8. The minimum Gasteiger partial charge on any atom is -0.508 e. The third-order valence-corrected chi connectivity index (χ3v) is 2.53. The second-order valence-corrected chi connectivity index (χ2v) is 4.07. The summed E-state index contributed by atoms with van der Waals surface area (Å²) in [6, 6.07) is 7.06. The predicted octanol–water partition coefficient (Wildman–Crippen LogP) is 0.601. The summed E-state index contributed by atoms with van der Waals surface area (Å²) in [4.78, 5) is 22.5. The number of benzene rings is 1. The van der Waals surface area contributed by atoms with E-state index in [-0.39, 0.29) is 25.1 Å². The summed E-state index contributed by atoms with van der Waals surface area (Å²) in [6.07, 6.45) is -0.986. The Morgan fingerprint density at radius 1 is 1.30 bits per heavy atom. The molecule has 0 saturated carbocycles. The molecule has 0 spiro atoms. The van der Waals surface area contributed by atoms with Crippen LogP contribution < -0.4 is 10.6 Å². The summed E-state index contributed by atoms with van der Waals surface area (Å²) in [7, 11) is 0. The minimum absolute atomic E-state index is 0.0926. The molecule has 1 aromatic rings. The lowest BCUT2D eigenvalue weighted by Crippen LogP contribution is -2.47. The fourth-order valence-corrected chi connectivity index (χ4v) is 1.59. The molecular weight excluding hydrogens is 262 g/mol. The van der Waals surface area contributed by atoms with Crippen molar-refractivity contribution < 1.29 is 19.8 Å². The van der Waals surface area contributed by atoms with Crippen LogP contribution in [0.5, 0.6) is 5.75 Å². The maximum Gasteiger partial charge on any atom is 0.405 e. The van der Waals surface area contributed by atoms with Gasteiger partial charge < -0.3 is 20.8 Å². The van der Waals surface area contributed by atoms with Crippen LogP contribution in [0, 0.1) is 11.3 Å². The lowest BCUT2D eigenvalue weighted by molar-refractivity contribution is -0.122. The van der Waals surface area contributed by atoms with Crippen molar-refractivity contribution >= 4 is 12.0 Å². The average Bonchev–Trinajstić information content (AvgIpc) is 2.40. The molecule has 2 amide bonds. The van der Waals surface area contributed by atoms with Gasteiger partial charge in [-0.15, -0.1) is 0 Å². The standard InChI is InChI=1S/C13H15N3O4/c14-6-1-7-15-12(18)11(16-13(19)20)8-9-2-4-10(17)5-3-9/h2-5,11,16-17H,1,7-8H2,(H,15,18)(H,19,20). The first kappa shape index (κ1) is 15.3. The second-order valence-electron chi connectivity index (χ2n) is 4.07. The third-order valence-electron chi connectivity index (χ3n) is 2.53. The third kappa shape index (κ3) is 5.27. The first-order chi connectivity index (χ1) is 9.52. The molecule has 0 aliphatic heterocycles. The van der Waals surface area contributed by atoms with Gasteiger partial charge in [0.15, 0.2) is 0 Å². The molecule has 0 radical (unpaired) electrons. The lowest BCUT2D eigenvalue weighted by atomic mass is 10.1. The number of carbonyl (C=O) groups excluding carboxylic acids is 1. The van der Waals surface area contributed by atoms with Crippen LogP contribution in [-0.4, -0.2) is 34.8 Å². The van der Waals surface area contributed by atoms with Crippen molar-refractivity contribution in [1.29, 1.82) is 5.26 Å². The Balaban J connectivity index is 2.68. The number of carbonyl (C=O) groups is 2. The summed E-state index contributed by atoms with van der Waals surface area (Å²) in [5.74, 6) is -0.398. The van der Waals surface area contributed by atoms with Crippen molar-refractivity contribution in [3.8, 4) is 11.8 Å². The predicted molar refractivity (Wildman–Crippen MR) is 70.0 cm³/mol. The normalized spacial score (nSPS) is 11.2. The summed E-state index contributed by atoms with van der Waals surface area (Å²) in [6.45, 7) is 0.169. The number of nitrogens with one attached hydrogen (secondary N) is 2. The first-order valence-electron chi connectivity index (χ1n) is 5.95. The van der Waals surface area contributed by atoms with Crippen LogP contribution in [0.3, 0.4) is 0 Å². The largest absolute Gasteiger partial charge is 0.508 e. The van der Waals surface area contributed by atoms with Crippen molar-refractivity contribution in [2.24, 2.45) is 0 Å². The van der Waals surface area contributed by atoms with Crippen LogP contribution in [0.1, 0.15) is 12.0 Å². The van der Waals surface area contributed by atoms with Gasteiger partial charge in [0, 0.05) is 13.0 Å². The number of carboxylic acid groups (broad SMARTS) is 1. The smallest absolute Gasteiger partial charge is 0.405 e. The molecule has 0 fully saturated rings. The van der Waals surface area contributed by atoms with Crippen molar-refractivity contribution in [1.82, 2.24) is 10.6 Å². The number of aromatic hydroxyl groups is 1. The molecule has 4 N–H and O–H groups in total. The highest BCUT2D eigenvalue weighted by molar-refractivity contribution is 5.85. The molecule has 20 heavy (non-hydrogen) atoms. The maximum absolute atomic E-state index is 11.8. The molecule has 1 atom stereocenters. The van der Waals surface area contributed by atoms with Crippen LogP contribution in [-0.2, 0) is 11.2 Å². The highest BCUT2D eigenvalue weighted by Gasteiger charge is 2.20. The van der Waals surface area contributed by atoms with E-state index in [4.69, 9.17) is 15.5 Å². The van der Waals surface area contributed by atoms with Gasteiger partial charge in [0.1, 0.15) is 11.8 Å². The molecule has 0 aromatic heterocycles. The Bertz CT molecular complexity index is 507. The molecule has 1 unspecified atom stereocenters. The summed E-state index contributed by atoms with van der Waals surface area (Å²) in [5, 5.41) is 30.9. The number of nitrogens with zero attached hydrogens (tertiary/aromatic N) is 1. The number of amides is 2. The van der Waals surface area contributed by atoms with Gasteiger partial charge in [-0.3, -0.25) is 4.79 Å². The average molecular weight is 277 g/mol. The highest BCUT2D eigenvalue weighted by atomic mass is 16.4. The Labute approximate surface area is 115 Å². The zero-order chi connectivity index (χ0) is 15.0. The number of phenols is 1. The molecule has 0 aliphatic rings. The highest BCUT2D eigenvalue weighted by Crippen LogP contribution is 2.11. The Morgan fingerprint density at radius 3 is 2.50 bits per heavy atom. The topological polar surface area (TPSA) is 122 Å². The van der Waals surface area contributed by atoms with Gasteiger partial charge in [-0.25, -0.2) is 4.79 Å². The Kier molecular flexibility index (Phi) is 5.84. The Morgan fingerprint density at radius 2 is 1.95 bits per heavy atom. The van der Waals surface area contributed by atoms with Crippen molar-refractivity contribution in [2.75, 3.05) is 6.54 Å². The number of hydrogen-bond donors (Lipinski definition) is 4. The van der Waals surface area contributed by atoms with Crippen LogP contribution in [0.4, 0.5) is 4.79 Å². The second kappa shape index (κ2) is 7.63. The van der Waals surface area contributed by atoms with Crippen LogP contribution in [0.15, 0.2) is 24.3 Å². The molecule has 1 rings (SSSR count). The number of phenolic OH excluding ortho intramolecular Hbond substituents is 1. The van der Waals surface area contributed by atoms with Gasteiger partial charge in [-0.05, 0) is 17.7 Å². The van der Waals surface area contributed by atoms with E-state index in [2.05, 4.69) is 10.6 Å². The summed E-state index contributed by atoms with van der Waals surface area (Å²) in [5.41, 5.74) is 0.706. The van der Waals surface area contributed by atoms with E-state index in [1.807, 2.05) is 6.07 Å². The zero-order valence-corrected chi connectivity index (χ0v) is 10.7. The quantitative estimate of drug-likeness (QED) is 0.567. The van der Waals surface area contributed by atoms with Gasteiger partial charge in [-0.2, -0.15) is 5.26 Å². The van der Waals surface area contributed by atoms with E-state index < -0.39 is 18.0 Å². The number of hydrogen-bond acceptors (Lipinski definition) is 4. The van der Waals surface area contributed by atoms with E-state index in [1.165, 1.54) is 12.1 Å². The fraction of sp³-hybridized carbons (Fsp3) is 0.308. The molecule has 7 nitrogen and oxygen atoms in total. The monoisotopic (exact) mass is 277 g/mol. The minimum atomic E-state index is -1.30. The molecule has 0 heterocycles. The molecule has 7 heteroatoms. The molecule has 1 aromatic carbocycles. The molecule has 0 aliphatic carbocycles. The molecule has 0 bridgehead atoms. The lowest BCUT2D eigenvalue weighted by Gasteiger charge is -2.16. The van der Waals surface area contributed by atoms with E-state index in [9.17, 15) is 9.59 Å². The fourth-order valence-electron chi connectivity index (χ4n) is 1.59. The molecular formula is C13H15N3O4. The Hall–Kier alpha value is -2.75. The van der Waals surface area contributed by atoms with Crippen molar-refractivity contribution in [2.45, 2.75) is 18.9 Å². The van der Waals surface area contributed by atoms with Gasteiger partial charge >= 0.3 is 6.09 Å². The van der Waals surface area contributed by atoms with E-state index >= 15 is 0 Å². The van der Waals surface area contributed by atoms with Gasteiger partial charge in [0.2, 0.25) is 5.91 Å². The van der Waals surface area contributed by atoms with E-state index in [0.717, 1.165) is 0 Å². The van der Waals surface area contributed by atoms with Gasteiger partial charge in [0.25, 0.3) is 0 Å². The number of nitriles is 1. The number of rotatable bonds is 6. The van der Waals surface area contributed by atoms with Crippen LogP contribution in [0.25, 0.3) is 0 Å². The molecule has 106 valence electrons. The van der Waals surface area contributed by atoms with Gasteiger partial charge in [-0.1, -0.05) is 12.1 Å². The van der Waals surface area contributed by atoms with E-state index in [1.54, 1.807) is 12.1 Å². The van der Waals surface area contributed by atoms with E-state index in [0.29, 0.717) is 5.56 Å². The zero-order valence-electron chi connectivity index (χ0n) is 10.7. The first-order valence-corrected chi connectivity index (χ1v) is 5.95. The van der Waals surface area contributed by atoms with Crippen LogP contribution in [0.2, 0.25) is 0 Å². The SMILES string of the molecule is N#CCCNC(=O)C(Cc1ccc(O)cc1)NC(=O)O.